The molecule has 5 nitrogen and oxygen atoms in total. The van der Waals surface area contributed by atoms with Gasteiger partial charge in [-0.3, -0.25) is 4.79 Å². The number of para-hydroxylation sites is 1. The standard InChI is InChI=1S/C20H31IN4O/c1-3-4-5-6-7-8-9-10-11-15-18(23-24-22)20(26)25(2)19-16-13-12-14-17(19)21/h12-14,16,18H,3-11,15H2,1-2H3. The van der Waals surface area contributed by atoms with Crippen molar-refractivity contribution in [1.82, 2.24) is 0 Å². The van der Waals surface area contributed by atoms with E-state index in [0.29, 0.717) is 6.42 Å². The average Bonchev–Trinajstić information content (AvgIpc) is 2.65. The van der Waals surface area contributed by atoms with Crippen LogP contribution in [0.5, 0.6) is 0 Å². The van der Waals surface area contributed by atoms with Crippen LogP contribution in [0.4, 0.5) is 5.69 Å². The van der Waals surface area contributed by atoms with Crippen molar-refractivity contribution in [3.63, 3.8) is 0 Å². The van der Waals surface area contributed by atoms with Gasteiger partial charge in [0.15, 0.2) is 0 Å². The molecule has 0 fully saturated rings. The summed E-state index contributed by atoms with van der Waals surface area (Å²) in [5, 5.41) is 3.75. The van der Waals surface area contributed by atoms with Crippen LogP contribution in [0.25, 0.3) is 10.4 Å². The van der Waals surface area contributed by atoms with E-state index in [2.05, 4.69) is 39.5 Å². The fourth-order valence-electron chi connectivity index (χ4n) is 3.01. The van der Waals surface area contributed by atoms with Crippen LogP contribution < -0.4 is 4.90 Å². The number of amides is 1. The average molecular weight is 470 g/mol. The van der Waals surface area contributed by atoms with Gasteiger partial charge in [0, 0.05) is 15.5 Å². The van der Waals surface area contributed by atoms with Gasteiger partial charge in [0.05, 0.1) is 5.69 Å². The van der Waals surface area contributed by atoms with Gasteiger partial charge in [-0.25, -0.2) is 0 Å². The number of azide groups is 1. The van der Waals surface area contributed by atoms with Crippen LogP contribution in [-0.4, -0.2) is 19.0 Å². The maximum Gasteiger partial charge on any atom is 0.235 e. The van der Waals surface area contributed by atoms with Crippen LogP contribution in [-0.2, 0) is 4.79 Å². The summed E-state index contributed by atoms with van der Waals surface area (Å²) in [5.74, 6) is -0.133. The number of halogens is 1. The first-order valence-electron chi connectivity index (χ1n) is 9.68. The highest BCUT2D eigenvalue weighted by Gasteiger charge is 2.22. The van der Waals surface area contributed by atoms with Gasteiger partial charge in [0.2, 0.25) is 5.91 Å². The summed E-state index contributed by atoms with van der Waals surface area (Å²) < 4.78 is 1.00. The zero-order valence-electron chi connectivity index (χ0n) is 16.0. The van der Waals surface area contributed by atoms with Crippen molar-refractivity contribution in [1.29, 1.82) is 0 Å². The number of rotatable bonds is 13. The largest absolute Gasteiger partial charge is 0.314 e. The summed E-state index contributed by atoms with van der Waals surface area (Å²) in [5.41, 5.74) is 9.67. The van der Waals surface area contributed by atoms with Crippen LogP contribution >= 0.6 is 22.6 Å². The van der Waals surface area contributed by atoms with E-state index < -0.39 is 6.04 Å². The molecule has 6 heteroatoms. The number of nitrogens with zero attached hydrogens (tertiary/aromatic N) is 4. The van der Waals surface area contributed by atoms with E-state index in [1.54, 1.807) is 11.9 Å². The van der Waals surface area contributed by atoms with Gasteiger partial charge in [-0.1, -0.05) is 82.0 Å². The molecule has 1 aromatic rings. The Bertz CT molecular complexity index is 587. The highest BCUT2D eigenvalue weighted by Crippen LogP contribution is 2.23. The van der Waals surface area contributed by atoms with E-state index in [1.165, 1.54) is 44.9 Å². The Kier molecular flexibility index (Phi) is 12.1. The molecule has 0 aliphatic rings. The van der Waals surface area contributed by atoms with E-state index in [4.69, 9.17) is 5.53 Å². The maximum absolute atomic E-state index is 12.7. The maximum atomic E-state index is 12.7. The molecule has 1 amide bonds. The van der Waals surface area contributed by atoms with Crippen molar-refractivity contribution < 1.29 is 4.79 Å². The molecule has 0 radical (unpaired) electrons. The van der Waals surface area contributed by atoms with E-state index >= 15 is 0 Å². The number of hydrogen-bond acceptors (Lipinski definition) is 2. The second-order valence-electron chi connectivity index (χ2n) is 6.69. The molecular formula is C20H31IN4O. The summed E-state index contributed by atoms with van der Waals surface area (Å²) >= 11 is 2.21. The lowest BCUT2D eigenvalue weighted by atomic mass is 10.0. The fraction of sp³-hybridized carbons (Fsp3) is 0.650. The first-order chi connectivity index (χ1) is 12.6. The summed E-state index contributed by atoms with van der Waals surface area (Å²) in [6.07, 6.45) is 11.7. The van der Waals surface area contributed by atoms with Gasteiger partial charge in [0.1, 0.15) is 6.04 Å². The van der Waals surface area contributed by atoms with Gasteiger partial charge < -0.3 is 4.90 Å². The Morgan fingerprint density at radius 2 is 1.69 bits per heavy atom. The zero-order valence-corrected chi connectivity index (χ0v) is 18.2. The van der Waals surface area contributed by atoms with Gasteiger partial charge in [-0.15, -0.1) is 0 Å². The minimum atomic E-state index is -0.620. The molecule has 0 saturated carbocycles. The van der Waals surface area contributed by atoms with Crippen LogP contribution in [0.3, 0.4) is 0 Å². The first-order valence-corrected chi connectivity index (χ1v) is 10.8. The molecule has 1 aromatic carbocycles. The number of carbonyl (C=O) groups excluding carboxylic acids is 1. The summed E-state index contributed by atoms with van der Waals surface area (Å²) in [7, 11) is 1.75. The number of carbonyl (C=O) groups is 1. The lowest BCUT2D eigenvalue weighted by molar-refractivity contribution is -0.119. The van der Waals surface area contributed by atoms with Crippen molar-refractivity contribution in [2.45, 2.75) is 77.2 Å². The van der Waals surface area contributed by atoms with Crippen molar-refractivity contribution in [3.8, 4) is 0 Å². The number of anilines is 1. The molecular weight excluding hydrogens is 439 g/mol. The van der Waals surface area contributed by atoms with Crippen LogP contribution in [0.2, 0.25) is 0 Å². The Hall–Kier alpha value is -1.27. The molecule has 0 N–H and O–H groups in total. The third kappa shape index (κ3) is 8.41. The number of likely N-dealkylation sites (N-methyl/N-ethyl adjacent to an activating group) is 1. The van der Waals surface area contributed by atoms with Gasteiger partial charge >= 0.3 is 0 Å². The SMILES string of the molecule is CCCCCCCCCCCC(N=[N+]=[N-])C(=O)N(C)c1ccccc1I. The van der Waals surface area contributed by atoms with E-state index in [9.17, 15) is 4.79 Å². The Balaban J connectivity index is 2.40. The Morgan fingerprint density at radius 1 is 1.12 bits per heavy atom. The molecule has 1 unspecified atom stereocenters. The highest BCUT2D eigenvalue weighted by atomic mass is 127. The smallest absolute Gasteiger partial charge is 0.235 e. The molecule has 26 heavy (non-hydrogen) atoms. The van der Waals surface area contributed by atoms with Crippen molar-refractivity contribution in [3.05, 3.63) is 38.3 Å². The molecule has 0 saturated heterocycles. The van der Waals surface area contributed by atoms with Crippen molar-refractivity contribution >= 4 is 34.2 Å². The molecule has 1 rings (SSSR count). The van der Waals surface area contributed by atoms with Gasteiger partial charge in [0.25, 0.3) is 0 Å². The normalized spacial score (nSPS) is 11.7. The van der Waals surface area contributed by atoms with Crippen LogP contribution in [0, 0.1) is 3.57 Å². The lowest BCUT2D eigenvalue weighted by Gasteiger charge is -2.22. The number of unbranched alkanes of at least 4 members (excludes halogenated alkanes) is 8. The van der Waals surface area contributed by atoms with E-state index in [0.717, 1.165) is 22.1 Å². The quantitative estimate of drug-likeness (QED) is 0.102. The second-order valence-corrected chi connectivity index (χ2v) is 7.85. The molecule has 0 aliphatic heterocycles. The third-order valence-corrected chi connectivity index (χ3v) is 5.51. The molecule has 0 heterocycles. The summed E-state index contributed by atoms with van der Waals surface area (Å²) in [6.45, 7) is 2.23. The zero-order chi connectivity index (χ0) is 19.2. The molecule has 0 aromatic heterocycles. The molecule has 0 bridgehead atoms. The van der Waals surface area contributed by atoms with Crippen LogP contribution in [0.1, 0.15) is 71.1 Å². The topological polar surface area (TPSA) is 69.1 Å². The molecule has 1 atom stereocenters. The van der Waals surface area contributed by atoms with E-state index in [1.807, 2.05) is 24.3 Å². The molecule has 144 valence electrons. The monoisotopic (exact) mass is 470 g/mol. The Labute approximate surface area is 171 Å². The molecule has 0 spiro atoms. The predicted molar refractivity (Wildman–Crippen MR) is 117 cm³/mol. The minimum absolute atomic E-state index is 0.133. The number of benzene rings is 1. The summed E-state index contributed by atoms with van der Waals surface area (Å²) in [6, 6.07) is 7.10. The highest BCUT2D eigenvalue weighted by molar-refractivity contribution is 14.1. The Morgan fingerprint density at radius 3 is 2.27 bits per heavy atom. The molecule has 0 aliphatic carbocycles. The van der Waals surface area contributed by atoms with E-state index in [-0.39, 0.29) is 5.91 Å². The van der Waals surface area contributed by atoms with Crippen LogP contribution in [0.15, 0.2) is 29.4 Å². The third-order valence-electron chi connectivity index (χ3n) is 4.60. The predicted octanol–water partition coefficient (Wildman–Crippen LogP) is 6.85. The minimum Gasteiger partial charge on any atom is -0.314 e. The van der Waals surface area contributed by atoms with Gasteiger partial charge in [-0.05, 0) is 46.7 Å². The number of hydrogen-bond donors (Lipinski definition) is 0. The first kappa shape index (κ1) is 22.8. The second kappa shape index (κ2) is 13.9. The fourth-order valence-corrected chi connectivity index (χ4v) is 3.76. The van der Waals surface area contributed by atoms with Crippen molar-refractivity contribution in [2.75, 3.05) is 11.9 Å². The summed E-state index contributed by atoms with van der Waals surface area (Å²) in [4.78, 5) is 17.2. The van der Waals surface area contributed by atoms with Crippen molar-refractivity contribution in [2.24, 2.45) is 5.11 Å². The lowest BCUT2D eigenvalue weighted by Crippen LogP contribution is -2.35. The van der Waals surface area contributed by atoms with Gasteiger partial charge in [-0.2, -0.15) is 0 Å².